The fourth-order valence-electron chi connectivity index (χ4n) is 5.14. The second kappa shape index (κ2) is 10.6. The Hall–Kier alpha value is -1.99. The van der Waals surface area contributed by atoms with Crippen LogP contribution in [0.2, 0.25) is 0 Å². The summed E-state index contributed by atoms with van der Waals surface area (Å²) in [6.45, 7) is 15.6. The zero-order chi connectivity index (χ0) is 25.2. The molecule has 4 rings (SSSR count). The third-order valence-corrected chi connectivity index (χ3v) is 8.55. The first-order valence-corrected chi connectivity index (χ1v) is 13.9. The molecule has 6 nitrogen and oxygen atoms in total. The number of imidazole rings is 1. The second-order valence-corrected chi connectivity index (χ2v) is 12.2. The molecule has 0 amide bonds. The highest BCUT2D eigenvalue weighted by Gasteiger charge is 2.31. The number of nitrogens with one attached hydrogen (secondary N) is 1. The number of benzene rings is 1. The van der Waals surface area contributed by atoms with E-state index < -0.39 is 0 Å². The van der Waals surface area contributed by atoms with Gasteiger partial charge in [-0.05, 0) is 49.8 Å². The van der Waals surface area contributed by atoms with Crippen LogP contribution in [0, 0.1) is 5.41 Å². The number of unbranched alkanes of at least 4 members (excludes halogenated alkanes) is 1. The SMILES string of the molecule is CCCCc1nc2c([nH]1)c(N)nc1ccc(N3CCN(C(C)(S)CCCC(C)(C)CC)CC3)cc12. The van der Waals surface area contributed by atoms with Crippen LogP contribution in [0.25, 0.3) is 21.9 Å². The maximum Gasteiger partial charge on any atom is 0.150 e. The predicted molar refractivity (Wildman–Crippen MR) is 154 cm³/mol. The lowest BCUT2D eigenvalue weighted by molar-refractivity contribution is 0.155. The van der Waals surface area contributed by atoms with Gasteiger partial charge in [0.05, 0.1) is 10.4 Å². The fourth-order valence-corrected chi connectivity index (χ4v) is 5.50. The minimum absolute atomic E-state index is 0.0587. The van der Waals surface area contributed by atoms with Crippen molar-refractivity contribution >= 4 is 46.1 Å². The number of anilines is 2. The van der Waals surface area contributed by atoms with Crippen molar-refractivity contribution in [1.29, 1.82) is 0 Å². The maximum absolute atomic E-state index is 6.26. The number of fused-ring (bicyclic) bond motifs is 3. The van der Waals surface area contributed by atoms with Gasteiger partial charge in [-0.15, -0.1) is 0 Å². The topological polar surface area (TPSA) is 74.1 Å². The zero-order valence-corrected chi connectivity index (χ0v) is 23.2. The number of pyridine rings is 1. The normalized spacial score (nSPS) is 17.4. The molecule has 3 aromatic rings. The third-order valence-electron chi connectivity index (χ3n) is 8.04. The highest BCUT2D eigenvalue weighted by Crippen LogP contribution is 2.34. The molecule has 192 valence electrons. The molecule has 35 heavy (non-hydrogen) atoms. The number of nitrogen functional groups attached to an aromatic ring is 1. The van der Waals surface area contributed by atoms with Crippen LogP contribution in [0.1, 0.15) is 79.0 Å². The molecular formula is C28H44N6S. The zero-order valence-electron chi connectivity index (χ0n) is 22.3. The van der Waals surface area contributed by atoms with Crippen molar-refractivity contribution in [2.45, 2.75) is 84.4 Å². The third kappa shape index (κ3) is 5.88. The summed E-state index contributed by atoms with van der Waals surface area (Å²) in [7, 11) is 0. The van der Waals surface area contributed by atoms with E-state index in [0.717, 1.165) is 79.6 Å². The van der Waals surface area contributed by atoms with Crippen molar-refractivity contribution in [3.05, 3.63) is 24.0 Å². The van der Waals surface area contributed by atoms with Crippen molar-refractivity contribution in [3.63, 3.8) is 0 Å². The molecule has 1 saturated heterocycles. The van der Waals surface area contributed by atoms with Crippen LogP contribution in [0.15, 0.2) is 18.2 Å². The van der Waals surface area contributed by atoms with Gasteiger partial charge in [-0.1, -0.05) is 47.0 Å². The van der Waals surface area contributed by atoms with E-state index in [-0.39, 0.29) is 4.87 Å². The molecular weight excluding hydrogens is 452 g/mol. The fraction of sp³-hybridized carbons (Fsp3) is 0.643. The molecule has 1 fully saturated rings. The van der Waals surface area contributed by atoms with Gasteiger partial charge in [0.15, 0.2) is 0 Å². The summed E-state index contributed by atoms with van der Waals surface area (Å²) in [6.07, 6.45) is 8.03. The molecule has 1 aromatic carbocycles. The van der Waals surface area contributed by atoms with Gasteiger partial charge in [0, 0.05) is 43.7 Å². The number of nitrogens with zero attached hydrogens (tertiary/aromatic N) is 4. The minimum Gasteiger partial charge on any atom is -0.382 e. The number of H-pyrrole nitrogens is 1. The van der Waals surface area contributed by atoms with Gasteiger partial charge in [-0.3, -0.25) is 4.90 Å². The quantitative estimate of drug-likeness (QED) is 0.283. The van der Waals surface area contributed by atoms with Crippen molar-refractivity contribution < 1.29 is 0 Å². The average molecular weight is 497 g/mol. The van der Waals surface area contributed by atoms with E-state index in [2.05, 4.69) is 72.6 Å². The van der Waals surface area contributed by atoms with E-state index in [0.29, 0.717) is 11.2 Å². The molecule has 3 N–H and O–H groups in total. The average Bonchev–Trinajstić information content (AvgIpc) is 3.28. The van der Waals surface area contributed by atoms with Gasteiger partial charge in [0.25, 0.3) is 0 Å². The Bertz CT molecular complexity index is 1140. The maximum atomic E-state index is 6.26. The van der Waals surface area contributed by atoms with E-state index in [1.807, 2.05) is 0 Å². The number of aromatic amines is 1. The molecule has 0 spiro atoms. The van der Waals surface area contributed by atoms with Gasteiger partial charge in [-0.2, -0.15) is 12.6 Å². The van der Waals surface area contributed by atoms with Crippen LogP contribution in [0.5, 0.6) is 0 Å². The van der Waals surface area contributed by atoms with Gasteiger partial charge in [0.2, 0.25) is 0 Å². The largest absolute Gasteiger partial charge is 0.382 e. The Morgan fingerprint density at radius 2 is 1.77 bits per heavy atom. The molecule has 0 bridgehead atoms. The second-order valence-electron chi connectivity index (χ2n) is 11.3. The molecule has 1 atom stereocenters. The Balaban J connectivity index is 1.46. The van der Waals surface area contributed by atoms with E-state index in [1.165, 1.54) is 24.9 Å². The molecule has 1 unspecified atom stereocenters. The number of hydrogen-bond acceptors (Lipinski definition) is 6. The molecule has 0 radical (unpaired) electrons. The number of rotatable bonds is 10. The summed E-state index contributed by atoms with van der Waals surface area (Å²) < 4.78 is 0. The lowest BCUT2D eigenvalue weighted by atomic mass is 9.84. The highest BCUT2D eigenvalue weighted by atomic mass is 32.1. The van der Waals surface area contributed by atoms with E-state index in [1.54, 1.807) is 0 Å². The number of aryl methyl sites for hydroxylation is 1. The summed E-state index contributed by atoms with van der Waals surface area (Å²) in [5.41, 5.74) is 10.6. The van der Waals surface area contributed by atoms with Crippen LogP contribution >= 0.6 is 12.6 Å². The number of aromatic nitrogens is 3. The number of thiol groups is 1. The molecule has 0 aliphatic carbocycles. The summed E-state index contributed by atoms with van der Waals surface area (Å²) >= 11 is 5.11. The van der Waals surface area contributed by atoms with Gasteiger partial charge < -0.3 is 15.6 Å². The summed E-state index contributed by atoms with van der Waals surface area (Å²) in [5, 5.41) is 1.07. The first-order chi connectivity index (χ1) is 16.6. The first-order valence-electron chi connectivity index (χ1n) is 13.4. The van der Waals surface area contributed by atoms with E-state index in [9.17, 15) is 0 Å². The first kappa shape index (κ1) is 26.1. The summed E-state index contributed by atoms with van der Waals surface area (Å²) in [4.78, 5) is 17.9. The van der Waals surface area contributed by atoms with Crippen molar-refractivity contribution in [2.75, 3.05) is 36.8 Å². The predicted octanol–water partition coefficient (Wildman–Crippen LogP) is 6.41. The molecule has 1 aliphatic heterocycles. The van der Waals surface area contributed by atoms with Crippen molar-refractivity contribution in [2.24, 2.45) is 5.41 Å². The highest BCUT2D eigenvalue weighted by molar-refractivity contribution is 7.81. The van der Waals surface area contributed by atoms with Crippen LogP contribution < -0.4 is 10.6 Å². The Labute approximate surface area is 216 Å². The van der Waals surface area contributed by atoms with Gasteiger partial charge in [0.1, 0.15) is 22.7 Å². The standard InChI is InChI=1S/C28H44N6S/c1-6-8-10-23-31-24-21-19-20(11-12-22(21)30-26(29)25(24)32-23)33-15-17-34(18-16-33)28(5,35)14-9-13-27(3,4)7-2/h11-12,19,35H,6-10,13-18H2,1-5H3,(H2,29,30)(H,31,32). The molecule has 7 heteroatoms. The molecule has 3 heterocycles. The Kier molecular flexibility index (Phi) is 7.86. The Morgan fingerprint density at radius 1 is 1.03 bits per heavy atom. The van der Waals surface area contributed by atoms with Crippen molar-refractivity contribution in [3.8, 4) is 0 Å². The Morgan fingerprint density at radius 3 is 2.46 bits per heavy atom. The molecule has 0 saturated carbocycles. The monoisotopic (exact) mass is 496 g/mol. The minimum atomic E-state index is -0.0587. The van der Waals surface area contributed by atoms with Crippen LogP contribution in [-0.4, -0.2) is 50.9 Å². The van der Waals surface area contributed by atoms with Crippen LogP contribution in [-0.2, 0) is 6.42 Å². The summed E-state index contributed by atoms with van der Waals surface area (Å²) in [6, 6.07) is 6.51. The van der Waals surface area contributed by atoms with Gasteiger partial charge in [-0.25, -0.2) is 9.97 Å². The number of hydrogen-bond donors (Lipinski definition) is 3. The van der Waals surface area contributed by atoms with Gasteiger partial charge >= 0.3 is 0 Å². The van der Waals surface area contributed by atoms with Crippen LogP contribution in [0.3, 0.4) is 0 Å². The van der Waals surface area contributed by atoms with E-state index >= 15 is 0 Å². The molecule has 2 aromatic heterocycles. The number of nitrogens with two attached hydrogens (primary N) is 1. The van der Waals surface area contributed by atoms with E-state index in [4.69, 9.17) is 23.3 Å². The summed E-state index contributed by atoms with van der Waals surface area (Å²) in [5.74, 6) is 1.52. The lowest BCUT2D eigenvalue weighted by Crippen LogP contribution is -2.53. The van der Waals surface area contributed by atoms with Crippen molar-refractivity contribution in [1.82, 2.24) is 19.9 Å². The number of piperazine rings is 1. The van der Waals surface area contributed by atoms with Crippen LogP contribution in [0.4, 0.5) is 11.5 Å². The lowest BCUT2D eigenvalue weighted by Gasteiger charge is -2.44. The smallest absolute Gasteiger partial charge is 0.150 e. The molecule has 1 aliphatic rings.